The molecule has 1 saturated carbocycles. The largest absolute Gasteiger partial charge is 0.338 e. The molecular weight excluding hydrogens is 255 g/mol. The molecule has 0 radical (unpaired) electrons. The maximum absolute atomic E-state index is 13.0. The molecule has 0 saturated heterocycles. The highest BCUT2D eigenvalue weighted by molar-refractivity contribution is 5.74. The molecule has 0 aliphatic heterocycles. The molecule has 0 heterocycles. The number of hydrogen-bond acceptors (Lipinski definition) is 1. The highest BCUT2D eigenvalue weighted by atomic mass is 19.1. The number of rotatable bonds is 5. The van der Waals surface area contributed by atoms with E-state index in [0.29, 0.717) is 19.1 Å². The van der Waals surface area contributed by atoms with E-state index >= 15 is 0 Å². The van der Waals surface area contributed by atoms with Crippen molar-refractivity contribution in [1.82, 2.24) is 10.2 Å². The van der Waals surface area contributed by atoms with E-state index in [1.165, 1.54) is 25.0 Å². The fourth-order valence-corrected chi connectivity index (χ4v) is 2.70. The van der Waals surface area contributed by atoms with Gasteiger partial charge in [-0.1, -0.05) is 31.9 Å². The Morgan fingerprint density at radius 3 is 2.55 bits per heavy atom. The minimum atomic E-state index is -0.239. The van der Waals surface area contributed by atoms with Crippen molar-refractivity contribution in [3.05, 3.63) is 35.6 Å². The van der Waals surface area contributed by atoms with E-state index in [4.69, 9.17) is 0 Å². The Balaban J connectivity index is 2.05. The molecule has 4 heteroatoms. The molecule has 20 heavy (non-hydrogen) atoms. The second-order valence-corrected chi connectivity index (χ2v) is 5.42. The lowest BCUT2D eigenvalue weighted by molar-refractivity contribution is 0.171. The van der Waals surface area contributed by atoms with Crippen molar-refractivity contribution in [2.45, 2.75) is 51.6 Å². The van der Waals surface area contributed by atoms with Gasteiger partial charge in [0.15, 0.2) is 0 Å². The third kappa shape index (κ3) is 3.95. The average Bonchev–Trinajstić information content (AvgIpc) is 2.98. The summed E-state index contributed by atoms with van der Waals surface area (Å²) in [6.07, 6.45) is 5.44. The molecule has 110 valence electrons. The van der Waals surface area contributed by atoms with Crippen molar-refractivity contribution in [3.8, 4) is 0 Å². The summed E-state index contributed by atoms with van der Waals surface area (Å²) in [5, 5.41) is 2.95. The lowest BCUT2D eigenvalue weighted by Crippen LogP contribution is -2.44. The molecule has 0 aromatic heterocycles. The van der Waals surface area contributed by atoms with Crippen LogP contribution in [0.5, 0.6) is 0 Å². The predicted octanol–water partition coefficient (Wildman–Crippen LogP) is 3.69. The van der Waals surface area contributed by atoms with Gasteiger partial charge in [-0.05, 0) is 37.0 Å². The molecule has 1 aromatic carbocycles. The lowest BCUT2D eigenvalue weighted by Gasteiger charge is -2.29. The molecule has 3 nitrogen and oxygen atoms in total. The van der Waals surface area contributed by atoms with Crippen LogP contribution in [0.4, 0.5) is 9.18 Å². The predicted molar refractivity (Wildman–Crippen MR) is 77.9 cm³/mol. The number of nitrogens with one attached hydrogen (secondary N) is 1. The summed E-state index contributed by atoms with van der Waals surface area (Å²) in [6.45, 7) is 3.30. The molecule has 0 atom stereocenters. The van der Waals surface area contributed by atoms with Crippen LogP contribution in [-0.4, -0.2) is 23.5 Å². The van der Waals surface area contributed by atoms with Gasteiger partial charge in [-0.25, -0.2) is 9.18 Å². The maximum atomic E-state index is 13.0. The van der Waals surface area contributed by atoms with Crippen LogP contribution in [0, 0.1) is 5.82 Å². The number of hydrogen-bond donors (Lipinski definition) is 1. The maximum Gasteiger partial charge on any atom is 0.317 e. The van der Waals surface area contributed by atoms with Crippen LogP contribution in [0.25, 0.3) is 0 Å². The van der Waals surface area contributed by atoms with Gasteiger partial charge >= 0.3 is 6.03 Å². The monoisotopic (exact) mass is 278 g/mol. The summed E-state index contributed by atoms with van der Waals surface area (Å²) >= 11 is 0. The summed E-state index contributed by atoms with van der Waals surface area (Å²) < 4.78 is 13.0. The van der Waals surface area contributed by atoms with Gasteiger partial charge in [0, 0.05) is 19.1 Å². The van der Waals surface area contributed by atoms with Crippen molar-refractivity contribution >= 4 is 6.03 Å². The topological polar surface area (TPSA) is 32.3 Å². The van der Waals surface area contributed by atoms with E-state index in [9.17, 15) is 9.18 Å². The Kier molecular flexibility index (Phi) is 5.39. The van der Waals surface area contributed by atoms with Crippen molar-refractivity contribution in [3.63, 3.8) is 0 Å². The number of nitrogens with zero attached hydrogens (tertiary/aromatic N) is 1. The van der Waals surface area contributed by atoms with E-state index < -0.39 is 0 Å². The first-order chi connectivity index (χ1) is 9.70. The first-order valence-corrected chi connectivity index (χ1v) is 7.49. The Hall–Kier alpha value is -1.58. The van der Waals surface area contributed by atoms with Crippen LogP contribution in [0.1, 0.15) is 44.6 Å². The quantitative estimate of drug-likeness (QED) is 0.875. The molecule has 1 fully saturated rings. The zero-order chi connectivity index (χ0) is 14.4. The first kappa shape index (κ1) is 14.8. The first-order valence-electron chi connectivity index (χ1n) is 7.49. The molecule has 1 aliphatic carbocycles. The number of benzene rings is 1. The van der Waals surface area contributed by atoms with E-state index in [1.807, 2.05) is 11.8 Å². The molecule has 2 rings (SSSR count). The minimum absolute atomic E-state index is 0.00285. The molecular formula is C16H23FN2O. The van der Waals surface area contributed by atoms with Gasteiger partial charge < -0.3 is 10.2 Å². The van der Waals surface area contributed by atoms with Gasteiger partial charge in [0.2, 0.25) is 0 Å². The molecule has 0 spiro atoms. The zero-order valence-corrected chi connectivity index (χ0v) is 12.1. The van der Waals surface area contributed by atoms with E-state index in [-0.39, 0.29) is 11.8 Å². The van der Waals surface area contributed by atoms with Crippen LogP contribution in [0.2, 0.25) is 0 Å². The van der Waals surface area contributed by atoms with Gasteiger partial charge in [-0.15, -0.1) is 0 Å². The van der Waals surface area contributed by atoms with Crippen molar-refractivity contribution in [2.75, 3.05) is 6.54 Å². The van der Waals surface area contributed by atoms with Gasteiger partial charge in [0.1, 0.15) is 5.82 Å². The van der Waals surface area contributed by atoms with E-state index in [0.717, 1.165) is 24.8 Å². The second kappa shape index (κ2) is 7.27. The number of halogens is 1. The fourth-order valence-electron chi connectivity index (χ4n) is 2.70. The average molecular weight is 278 g/mol. The Bertz CT molecular complexity index is 427. The molecule has 1 aliphatic rings. The van der Waals surface area contributed by atoms with Gasteiger partial charge in [-0.2, -0.15) is 0 Å². The summed E-state index contributed by atoms with van der Waals surface area (Å²) in [5.74, 6) is -0.239. The van der Waals surface area contributed by atoms with Gasteiger partial charge in [0.25, 0.3) is 0 Å². The minimum Gasteiger partial charge on any atom is -0.338 e. The molecule has 0 unspecified atom stereocenters. The number of amides is 2. The lowest BCUT2D eigenvalue weighted by atomic mass is 10.1. The van der Waals surface area contributed by atoms with Crippen LogP contribution < -0.4 is 5.32 Å². The molecule has 2 amide bonds. The highest BCUT2D eigenvalue weighted by Gasteiger charge is 2.26. The Morgan fingerprint density at radius 2 is 1.95 bits per heavy atom. The highest BCUT2D eigenvalue weighted by Crippen LogP contribution is 2.25. The van der Waals surface area contributed by atoms with Gasteiger partial charge in [0.05, 0.1) is 0 Å². The normalized spacial score (nSPS) is 15.3. The van der Waals surface area contributed by atoms with E-state index in [2.05, 4.69) is 5.32 Å². The van der Waals surface area contributed by atoms with Crippen molar-refractivity contribution in [2.24, 2.45) is 0 Å². The Labute approximate surface area is 120 Å². The fraction of sp³-hybridized carbons (Fsp3) is 0.562. The zero-order valence-electron chi connectivity index (χ0n) is 12.1. The summed E-state index contributed by atoms with van der Waals surface area (Å²) in [4.78, 5) is 14.2. The van der Waals surface area contributed by atoms with Crippen LogP contribution >= 0.6 is 0 Å². The molecule has 1 aromatic rings. The third-order valence-electron chi connectivity index (χ3n) is 3.82. The third-order valence-corrected chi connectivity index (χ3v) is 3.82. The number of urea groups is 1. The smallest absolute Gasteiger partial charge is 0.317 e. The van der Waals surface area contributed by atoms with Crippen LogP contribution in [0.3, 0.4) is 0 Å². The Morgan fingerprint density at radius 1 is 1.30 bits per heavy atom. The molecule has 0 bridgehead atoms. The second-order valence-electron chi connectivity index (χ2n) is 5.42. The summed E-state index contributed by atoms with van der Waals surface area (Å²) in [6, 6.07) is 6.73. The van der Waals surface area contributed by atoms with Gasteiger partial charge in [-0.3, -0.25) is 0 Å². The number of carbonyl (C=O) groups excluding carboxylic acids is 1. The summed E-state index contributed by atoms with van der Waals surface area (Å²) in [5.41, 5.74) is 0.977. The van der Waals surface area contributed by atoms with Crippen LogP contribution in [0.15, 0.2) is 24.3 Å². The summed E-state index contributed by atoms with van der Waals surface area (Å²) in [7, 11) is 0. The van der Waals surface area contributed by atoms with E-state index in [1.54, 1.807) is 12.1 Å². The van der Waals surface area contributed by atoms with Crippen molar-refractivity contribution in [1.29, 1.82) is 0 Å². The van der Waals surface area contributed by atoms with Crippen LogP contribution in [-0.2, 0) is 6.54 Å². The number of carbonyl (C=O) groups is 1. The molecule has 1 N–H and O–H groups in total. The SMILES string of the molecule is CCCNC(=O)N(Cc1ccc(F)cc1)C1CCCC1. The standard InChI is InChI=1S/C16H23FN2O/c1-2-11-18-16(20)19(15-5-3-4-6-15)12-13-7-9-14(17)10-8-13/h7-10,15H,2-6,11-12H2,1H3,(H,18,20). The van der Waals surface area contributed by atoms with Crippen molar-refractivity contribution < 1.29 is 9.18 Å².